The first kappa shape index (κ1) is 14.8. The third-order valence-electron chi connectivity index (χ3n) is 6.37. The Bertz CT molecular complexity index is 296. The summed E-state index contributed by atoms with van der Waals surface area (Å²) in [6, 6.07) is 0.807. The first-order valence-corrected chi connectivity index (χ1v) is 9.12. The van der Waals surface area contributed by atoms with Gasteiger partial charge < -0.3 is 10.2 Å². The van der Waals surface area contributed by atoms with Gasteiger partial charge in [-0.25, -0.2) is 0 Å². The van der Waals surface area contributed by atoms with E-state index < -0.39 is 0 Å². The highest BCUT2D eigenvalue weighted by Gasteiger charge is 2.39. The molecule has 3 saturated carbocycles. The molecule has 2 nitrogen and oxygen atoms in total. The lowest BCUT2D eigenvalue weighted by atomic mass is 9.87. The maximum absolute atomic E-state index is 3.79. The fourth-order valence-corrected chi connectivity index (χ4v) is 5.02. The van der Waals surface area contributed by atoms with Crippen molar-refractivity contribution in [2.75, 3.05) is 26.7 Å². The molecular formula is C18H34N2. The van der Waals surface area contributed by atoms with E-state index in [4.69, 9.17) is 0 Å². The van der Waals surface area contributed by atoms with E-state index in [0.717, 1.165) is 29.7 Å². The van der Waals surface area contributed by atoms with Gasteiger partial charge in [0, 0.05) is 25.7 Å². The summed E-state index contributed by atoms with van der Waals surface area (Å²) in [5.74, 6) is 4.17. The second-order valence-corrected chi connectivity index (χ2v) is 8.11. The minimum atomic E-state index is 0.807. The normalized spacial score (nSPS) is 40.6. The highest BCUT2D eigenvalue weighted by molar-refractivity contribution is 4.91. The van der Waals surface area contributed by atoms with Crippen molar-refractivity contribution >= 4 is 0 Å². The molecule has 0 saturated heterocycles. The number of hydrogen-bond donors (Lipinski definition) is 1. The smallest absolute Gasteiger partial charge is 0.0104 e. The van der Waals surface area contributed by atoms with Crippen LogP contribution >= 0.6 is 0 Å². The first-order valence-electron chi connectivity index (χ1n) is 9.12. The molecule has 0 heterocycles. The first-order chi connectivity index (χ1) is 9.70. The summed E-state index contributed by atoms with van der Waals surface area (Å²) in [5, 5.41) is 3.79. The number of fused-ring (bicyclic) bond motifs is 2. The Hall–Kier alpha value is -0.0800. The summed E-state index contributed by atoms with van der Waals surface area (Å²) < 4.78 is 0. The van der Waals surface area contributed by atoms with Gasteiger partial charge in [-0.15, -0.1) is 0 Å². The van der Waals surface area contributed by atoms with Crippen LogP contribution in [-0.2, 0) is 0 Å². The van der Waals surface area contributed by atoms with E-state index in [0.29, 0.717) is 0 Å². The van der Waals surface area contributed by atoms with Gasteiger partial charge in [0.25, 0.3) is 0 Å². The highest BCUT2D eigenvalue weighted by Crippen LogP contribution is 2.48. The summed E-state index contributed by atoms with van der Waals surface area (Å²) in [5.41, 5.74) is 0. The average Bonchev–Trinajstić information content (AvgIpc) is 3.03. The minimum absolute atomic E-state index is 0.807. The van der Waals surface area contributed by atoms with Crippen LogP contribution in [0.2, 0.25) is 0 Å². The van der Waals surface area contributed by atoms with Crippen molar-refractivity contribution in [2.45, 2.75) is 64.3 Å². The fraction of sp³-hybridized carbons (Fsp3) is 1.00. The zero-order chi connectivity index (χ0) is 13.9. The highest BCUT2D eigenvalue weighted by atomic mass is 15.1. The van der Waals surface area contributed by atoms with Gasteiger partial charge in [-0.05, 0) is 75.7 Å². The predicted octanol–water partition coefficient (Wildman–Crippen LogP) is 3.52. The molecule has 0 amide bonds. The molecule has 0 aromatic carbocycles. The fourth-order valence-electron chi connectivity index (χ4n) is 5.02. The standard InChI is InChI=1S/C18H34N2/c1-14-3-7-18(8-4-14)19-9-10-20(2)13-17-12-15-5-6-16(17)11-15/h14-19H,3-13H2,1-2H3. The summed E-state index contributed by atoms with van der Waals surface area (Å²) in [4.78, 5) is 2.59. The second-order valence-electron chi connectivity index (χ2n) is 8.11. The van der Waals surface area contributed by atoms with E-state index >= 15 is 0 Å². The zero-order valence-corrected chi connectivity index (χ0v) is 13.6. The van der Waals surface area contributed by atoms with E-state index in [1.54, 1.807) is 6.42 Å². The molecular weight excluding hydrogens is 244 g/mol. The van der Waals surface area contributed by atoms with Crippen molar-refractivity contribution in [3.63, 3.8) is 0 Å². The number of rotatable bonds is 6. The van der Waals surface area contributed by atoms with Crippen LogP contribution in [0.3, 0.4) is 0 Å². The molecule has 3 atom stereocenters. The Kier molecular flexibility index (Phi) is 5.04. The van der Waals surface area contributed by atoms with Crippen molar-refractivity contribution < 1.29 is 0 Å². The second kappa shape index (κ2) is 6.79. The Morgan fingerprint density at radius 1 is 1.00 bits per heavy atom. The molecule has 3 rings (SSSR count). The molecule has 0 radical (unpaired) electrons. The molecule has 20 heavy (non-hydrogen) atoms. The van der Waals surface area contributed by atoms with E-state index in [1.165, 1.54) is 64.6 Å². The van der Waals surface area contributed by atoms with Gasteiger partial charge in [0.1, 0.15) is 0 Å². The quantitative estimate of drug-likeness (QED) is 0.799. The van der Waals surface area contributed by atoms with Crippen LogP contribution in [0, 0.1) is 23.7 Å². The van der Waals surface area contributed by atoms with Crippen molar-refractivity contribution in [1.82, 2.24) is 10.2 Å². The van der Waals surface area contributed by atoms with Crippen molar-refractivity contribution in [3.05, 3.63) is 0 Å². The van der Waals surface area contributed by atoms with Crippen molar-refractivity contribution in [1.29, 1.82) is 0 Å². The third-order valence-corrected chi connectivity index (χ3v) is 6.37. The van der Waals surface area contributed by atoms with Crippen molar-refractivity contribution in [2.24, 2.45) is 23.7 Å². The predicted molar refractivity (Wildman–Crippen MR) is 85.9 cm³/mol. The summed E-state index contributed by atoms with van der Waals surface area (Å²) >= 11 is 0. The van der Waals surface area contributed by atoms with E-state index in [2.05, 4.69) is 24.2 Å². The Balaban J connectivity index is 1.28. The van der Waals surface area contributed by atoms with Crippen LogP contribution in [0.5, 0.6) is 0 Å². The number of nitrogens with zero attached hydrogens (tertiary/aromatic N) is 1. The number of hydrogen-bond acceptors (Lipinski definition) is 2. The molecule has 2 bridgehead atoms. The minimum Gasteiger partial charge on any atom is -0.313 e. The molecule has 3 fully saturated rings. The van der Waals surface area contributed by atoms with Crippen LogP contribution < -0.4 is 5.32 Å². The van der Waals surface area contributed by atoms with Gasteiger partial charge in [-0.2, -0.15) is 0 Å². The molecule has 3 aliphatic carbocycles. The topological polar surface area (TPSA) is 15.3 Å². The Morgan fingerprint density at radius 3 is 2.45 bits per heavy atom. The lowest BCUT2D eigenvalue weighted by molar-refractivity contribution is 0.214. The summed E-state index contributed by atoms with van der Waals surface area (Å²) in [7, 11) is 2.33. The maximum Gasteiger partial charge on any atom is 0.0104 e. The van der Waals surface area contributed by atoms with Crippen LogP contribution in [0.4, 0.5) is 0 Å². The maximum atomic E-state index is 3.79. The van der Waals surface area contributed by atoms with Gasteiger partial charge in [0.2, 0.25) is 0 Å². The number of likely N-dealkylation sites (N-methyl/N-ethyl adjacent to an activating group) is 1. The average molecular weight is 278 g/mol. The molecule has 0 aromatic rings. The monoisotopic (exact) mass is 278 g/mol. The summed E-state index contributed by atoms with van der Waals surface area (Å²) in [6.07, 6.45) is 11.8. The molecule has 116 valence electrons. The zero-order valence-electron chi connectivity index (χ0n) is 13.6. The Labute approximate surface area is 125 Å². The molecule has 0 aliphatic heterocycles. The number of nitrogens with one attached hydrogen (secondary N) is 1. The van der Waals surface area contributed by atoms with E-state index in [-0.39, 0.29) is 0 Å². The van der Waals surface area contributed by atoms with Crippen LogP contribution in [0.15, 0.2) is 0 Å². The van der Waals surface area contributed by atoms with Gasteiger partial charge in [0.15, 0.2) is 0 Å². The largest absolute Gasteiger partial charge is 0.313 e. The van der Waals surface area contributed by atoms with Gasteiger partial charge in [0.05, 0.1) is 0 Å². The third kappa shape index (κ3) is 3.76. The van der Waals surface area contributed by atoms with Gasteiger partial charge in [-0.3, -0.25) is 0 Å². The summed E-state index contributed by atoms with van der Waals surface area (Å²) in [6.45, 7) is 6.18. The van der Waals surface area contributed by atoms with Gasteiger partial charge in [-0.1, -0.05) is 13.3 Å². The van der Waals surface area contributed by atoms with Crippen LogP contribution in [0.1, 0.15) is 58.3 Å². The SMILES string of the molecule is CC1CCC(NCCN(C)CC2CC3CCC2C3)CC1. The molecule has 1 N–H and O–H groups in total. The van der Waals surface area contributed by atoms with Crippen LogP contribution in [-0.4, -0.2) is 37.6 Å². The molecule has 3 aliphatic rings. The van der Waals surface area contributed by atoms with Crippen LogP contribution in [0.25, 0.3) is 0 Å². The molecule has 0 spiro atoms. The molecule has 2 heteroatoms. The lowest BCUT2D eigenvalue weighted by Gasteiger charge is -2.29. The van der Waals surface area contributed by atoms with Crippen molar-refractivity contribution in [3.8, 4) is 0 Å². The Morgan fingerprint density at radius 2 is 1.80 bits per heavy atom. The van der Waals surface area contributed by atoms with Gasteiger partial charge >= 0.3 is 0 Å². The van der Waals surface area contributed by atoms with E-state index in [9.17, 15) is 0 Å². The molecule has 3 unspecified atom stereocenters. The molecule has 0 aromatic heterocycles. The van der Waals surface area contributed by atoms with E-state index in [1.807, 2.05) is 0 Å². The lowest BCUT2D eigenvalue weighted by Crippen LogP contribution is -2.39.